The number of rotatable bonds is 3. The standard InChI is InChI=1S/C7H10O3.Mg/c1-4(8)7(5(2)9)6(3)10;/h7H,1-3H3;. The molecular formula is C7H10MgO3. The molecule has 2 radical (unpaired) electrons. The molecule has 0 rings (SSSR count). The van der Waals surface area contributed by atoms with Crippen molar-refractivity contribution in [2.45, 2.75) is 20.8 Å². The van der Waals surface area contributed by atoms with Gasteiger partial charge in [-0.25, -0.2) is 0 Å². The van der Waals surface area contributed by atoms with Crippen molar-refractivity contribution in [1.29, 1.82) is 0 Å². The zero-order chi connectivity index (χ0) is 8.31. The summed E-state index contributed by atoms with van der Waals surface area (Å²) in [4.78, 5) is 31.8. The molecule has 0 aromatic carbocycles. The number of ketones is 3. The molecule has 0 amide bonds. The van der Waals surface area contributed by atoms with Crippen molar-refractivity contribution in [3.05, 3.63) is 0 Å². The molecule has 0 N–H and O–H groups in total. The van der Waals surface area contributed by atoms with E-state index in [1.807, 2.05) is 0 Å². The van der Waals surface area contributed by atoms with Crippen LogP contribution in [0.5, 0.6) is 0 Å². The quantitative estimate of drug-likeness (QED) is 0.438. The minimum Gasteiger partial charge on any atom is -0.299 e. The van der Waals surface area contributed by atoms with Gasteiger partial charge in [-0.05, 0) is 20.8 Å². The highest BCUT2D eigenvalue weighted by molar-refractivity contribution is 6.17. The molecule has 0 aliphatic heterocycles. The zero-order valence-corrected chi connectivity index (χ0v) is 8.42. The fourth-order valence-electron chi connectivity index (χ4n) is 0.859. The zero-order valence-electron chi connectivity index (χ0n) is 7.01. The second-order valence-electron chi connectivity index (χ2n) is 2.26. The van der Waals surface area contributed by atoms with Gasteiger partial charge in [0.2, 0.25) is 0 Å². The maximum absolute atomic E-state index is 10.6. The van der Waals surface area contributed by atoms with Gasteiger partial charge < -0.3 is 0 Å². The van der Waals surface area contributed by atoms with Crippen LogP contribution in [-0.2, 0) is 14.4 Å². The number of carbonyl (C=O) groups excluding carboxylic acids is 3. The van der Waals surface area contributed by atoms with E-state index in [1.54, 1.807) is 0 Å². The van der Waals surface area contributed by atoms with Crippen molar-refractivity contribution in [2.75, 3.05) is 0 Å². The summed E-state index contributed by atoms with van der Waals surface area (Å²) >= 11 is 0. The van der Waals surface area contributed by atoms with Gasteiger partial charge in [0.05, 0.1) is 0 Å². The second-order valence-corrected chi connectivity index (χ2v) is 2.26. The van der Waals surface area contributed by atoms with Crippen LogP contribution in [0.25, 0.3) is 0 Å². The van der Waals surface area contributed by atoms with Crippen LogP contribution in [0.15, 0.2) is 0 Å². The van der Waals surface area contributed by atoms with Crippen LogP contribution in [-0.4, -0.2) is 40.4 Å². The molecule has 0 unspecified atom stereocenters. The highest BCUT2D eigenvalue weighted by Gasteiger charge is 2.23. The Hall–Kier alpha value is -0.224. The highest BCUT2D eigenvalue weighted by Crippen LogP contribution is 2.00. The molecule has 0 atom stereocenters. The van der Waals surface area contributed by atoms with E-state index in [1.165, 1.54) is 20.8 Å². The van der Waals surface area contributed by atoms with Gasteiger partial charge in [-0.15, -0.1) is 0 Å². The van der Waals surface area contributed by atoms with E-state index in [-0.39, 0.29) is 40.4 Å². The van der Waals surface area contributed by atoms with E-state index in [4.69, 9.17) is 0 Å². The summed E-state index contributed by atoms with van der Waals surface area (Å²) in [6, 6.07) is 0. The number of Topliss-reactive ketones (excluding diaryl/α,β-unsaturated/α-hetero) is 3. The van der Waals surface area contributed by atoms with Crippen LogP contribution in [0, 0.1) is 5.92 Å². The van der Waals surface area contributed by atoms with Crippen LogP contribution in [0.3, 0.4) is 0 Å². The largest absolute Gasteiger partial charge is 0.299 e. The summed E-state index contributed by atoms with van der Waals surface area (Å²) in [7, 11) is 0. The number of hydrogen-bond donors (Lipinski definition) is 0. The van der Waals surface area contributed by atoms with E-state index < -0.39 is 5.92 Å². The third kappa shape index (κ3) is 4.26. The van der Waals surface area contributed by atoms with Gasteiger partial charge in [0.15, 0.2) is 0 Å². The minimum atomic E-state index is -1.03. The SMILES string of the molecule is CC(=O)C(C(C)=O)C(C)=O.[Mg]. The fourth-order valence-corrected chi connectivity index (χ4v) is 0.859. The van der Waals surface area contributed by atoms with Gasteiger partial charge in [-0.1, -0.05) is 0 Å². The first kappa shape index (κ1) is 13.4. The molecule has 0 aromatic heterocycles. The molecule has 4 heteroatoms. The highest BCUT2D eigenvalue weighted by atomic mass is 24.3. The molecule has 0 fully saturated rings. The lowest BCUT2D eigenvalue weighted by molar-refractivity contribution is -0.137. The third-order valence-electron chi connectivity index (χ3n) is 1.22. The van der Waals surface area contributed by atoms with Crippen LogP contribution in [0.4, 0.5) is 0 Å². The molecule has 0 heterocycles. The van der Waals surface area contributed by atoms with Gasteiger partial charge in [-0.3, -0.25) is 14.4 Å². The second kappa shape index (κ2) is 5.43. The Bertz CT molecular complexity index is 153. The summed E-state index contributed by atoms with van der Waals surface area (Å²) in [5, 5.41) is 0. The Morgan fingerprint density at radius 2 is 1.00 bits per heavy atom. The first-order valence-electron chi connectivity index (χ1n) is 2.98. The predicted octanol–water partition coefficient (Wildman–Crippen LogP) is -0.0112. The summed E-state index contributed by atoms with van der Waals surface area (Å²) in [5.74, 6) is -2.15. The monoisotopic (exact) mass is 166 g/mol. The number of carbonyl (C=O) groups is 3. The van der Waals surface area contributed by atoms with Crippen LogP contribution >= 0.6 is 0 Å². The van der Waals surface area contributed by atoms with Crippen molar-refractivity contribution in [3.8, 4) is 0 Å². The summed E-state index contributed by atoms with van der Waals surface area (Å²) in [5.41, 5.74) is 0. The molecule has 0 aliphatic rings. The van der Waals surface area contributed by atoms with Gasteiger partial charge in [0, 0.05) is 23.1 Å². The molecule has 0 aliphatic carbocycles. The maximum Gasteiger partial charge on any atom is 0.147 e. The Morgan fingerprint density at radius 1 is 0.818 bits per heavy atom. The average Bonchev–Trinajstić information content (AvgIpc) is 1.59. The Labute approximate surface area is 81.7 Å². The van der Waals surface area contributed by atoms with Crippen LogP contribution < -0.4 is 0 Å². The molecule has 0 aromatic rings. The van der Waals surface area contributed by atoms with Crippen molar-refractivity contribution < 1.29 is 14.4 Å². The van der Waals surface area contributed by atoms with E-state index in [9.17, 15) is 14.4 Å². The van der Waals surface area contributed by atoms with Crippen molar-refractivity contribution >= 4 is 40.4 Å². The average molecular weight is 166 g/mol. The molecule has 3 nitrogen and oxygen atoms in total. The fraction of sp³-hybridized carbons (Fsp3) is 0.571. The Morgan fingerprint density at radius 3 is 1.00 bits per heavy atom. The van der Waals surface area contributed by atoms with E-state index in [0.717, 1.165) is 0 Å². The molecule has 0 bridgehead atoms. The maximum atomic E-state index is 10.6. The van der Waals surface area contributed by atoms with Gasteiger partial charge in [0.1, 0.15) is 23.3 Å². The Kier molecular flexibility index (Phi) is 6.60. The number of hydrogen-bond acceptors (Lipinski definition) is 3. The lowest BCUT2D eigenvalue weighted by Crippen LogP contribution is -2.26. The van der Waals surface area contributed by atoms with Gasteiger partial charge in [0.25, 0.3) is 0 Å². The smallest absolute Gasteiger partial charge is 0.147 e. The van der Waals surface area contributed by atoms with E-state index >= 15 is 0 Å². The van der Waals surface area contributed by atoms with Gasteiger partial charge >= 0.3 is 0 Å². The summed E-state index contributed by atoms with van der Waals surface area (Å²) in [6.07, 6.45) is 0. The normalized spacial score (nSPS) is 8.73. The summed E-state index contributed by atoms with van der Waals surface area (Å²) < 4.78 is 0. The van der Waals surface area contributed by atoms with Crippen LogP contribution in [0.1, 0.15) is 20.8 Å². The van der Waals surface area contributed by atoms with Crippen molar-refractivity contribution in [1.82, 2.24) is 0 Å². The van der Waals surface area contributed by atoms with Crippen molar-refractivity contribution in [2.24, 2.45) is 5.92 Å². The predicted molar refractivity (Wildman–Crippen MR) is 41.3 cm³/mol. The summed E-state index contributed by atoms with van der Waals surface area (Å²) in [6.45, 7) is 3.73. The molecular weight excluding hydrogens is 156 g/mol. The first-order chi connectivity index (χ1) is 4.46. The first-order valence-corrected chi connectivity index (χ1v) is 2.98. The molecule has 0 spiro atoms. The topological polar surface area (TPSA) is 51.2 Å². The lowest BCUT2D eigenvalue weighted by Gasteiger charge is -2.02. The minimum absolute atomic E-state index is 0. The third-order valence-corrected chi connectivity index (χ3v) is 1.22. The van der Waals surface area contributed by atoms with E-state index in [0.29, 0.717) is 0 Å². The van der Waals surface area contributed by atoms with Gasteiger partial charge in [-0.2, -0.15) is 0 Å². The molecule has 0 saturated carbocycles. The van der Waals surface area contributed by atoms with Crippen LogP contribution in [0.2, 0.25) is 0 Å². The lowest BCUT2D eigenvalue weighted by atomic mass is 9.97. The van der Waals surface area contributed by atoms with E-state index in [2.05, 4.69) is 0 Å². The molecule has 58 valence electrons. The van der Waals surface area contributed by atoms with Crippen molar-refractivity contribution in [3.63, 3.8) is 0 Å². The molecule has 11 heavy (non-hydrogen) atoms. The molecule has 0 saturated heterocycles. The Balaban J connectivity index is 0.